The van der Waals surface area contributed by atoms with Crippen LogP contribution in [0.15, 0.2) is 59.0 Å². The Hall–Kier alpha value is -3.94. The summed E-state index contributed by atoms with van der Waals surface area (Å²) >= 11 is 6.46. The molecule has 1 fully saturated rings. The highest BCUT2D eigenvalue weighted by atomic mass is 35.5. The Morgan fingerprint density at radius 2 is 2.00 bits per heavy atom. The first-order valence-corrected chi connectivity index (χ1v) is 19.8. The fourth-order valence-electron chi connectivity index (χ4n) is 8.32. The summed E-state index contributed by atoms with van der Waals surface area (Å²) in [5, 5.41) is -0.370. The van der Waals surface area contributed by atoms with Crippen LogP contribution in [-0.4, -0.2) is 79.2 Å². The molecule has 0 unspecified atom stereocenters. The van der Waals surface area contributed by atoms with Gasteiger partial charge in [-0.25, -0.2) is 22.5 Å². The average molecular weight is 754 g/mol. The SMILES string of the molecule is Cc1nc(CN(C)C(=O)[C@H]2/C(F)=C/C[C@H](C)[C@@H](C)S(=O)(=O)NC(=O)c3ccc4c(c3)N(C[C@@]3(CCCc5cc(Cl)ccc53)CO4)[C@@H]3CCCN23)co1. The number of carbonyl (C=O) groups is 2. The molecule has 1 spiro atoms. The van der Waals surface area contributed by atoms with Crippen molar-refractivity contribution in [3.63, 3.8) is 0 Å². The van der Waals surface area contributed by atoms with Crippen LogP contribution in [0.1, 0.15) is 79.0 Å². The number of fused-ring (bicyclic) bond motifs is 5. The van der Waals surface area contributed by atoms with E-state index in [1.54, 1.807) is 39.1 Å². The van der Waals surface area contributed by atoms with Crippen LogP contribution in [0.4, 0.5) is 10.1 Å². The van der Waals surface area contributed by atoms with Crippen LogP contribution in [0.5, 0.6) is 5.75 Å². The summed E-state index contributed by atoms with van der Waals surface area (Å²) in [5.74, 6) is -1.45. The number of anilines is 1. The molecule has 7 rings (SSSR count). The number of hydrogen-bond donors (Lipinski definition) is 1. The summed E-state index contributed by atoms with van der Waals surface area (Å²) in [6.07, 6.45) is 6.31. The van der Waals surface area contributed by atoms with Crippen molar-refractivity contribution in [2.24, 2.45) is 5.92 Å². The van der Waals surface area contributed by atoms with Gasteiger partial charge in [-0.2, -0.15) is 0 Å². The number of sulfonamides is 1. The van der Waals surface area contributed by atoms with E-state index in [1.807, 2.05) is 17.0 Å². The first kappa shape index (κ1) is 36.4. The van der Waals surface area contributed by atoms with Gasteiger partial charge in [0.05, 0.1) is 35.9 Å². The number of halogens is 2. The largest absolute Gasteiger partial charge is 0.490 e. The Morgan fingerprint density at radius 3 is 2.77 bits per heavy atom. The molecule has 5 atom stereocenters. The van der Waals surface area contributed by atoms with Gasteiger partial charge >= 0.3 is 0 Å². The van der Waals surface area contributed by atoms with Gasteiger partial charge in [-0.1, -0.05) is 30.7 Å². The van der Waals surface area contributed by atoms with Crippen molar-refractivity contribution >= 4 is 39.1 Å². The smallest absolute Gasteiger partial charge is 0.264 e. The summed E-state index contributed by atoms with van der Waals surface area (Å²) in [4.78, 5) is 38.0. The molecule has 2 amide bonds. The maximum Gasteiger partial charge on any atom is 0.264 e. The fourth-order valence-corrected chi connectivity index (χ4v) is 9.80. The number of allylic oxidation sites excluding steroid dienone is 1. The summed E-state index contributed by atoms with van der Waals surface area (Å²) in [6, 6.07) is 9.62. The number of ether oxygens (including phenoxy) is 1. The van der Waals surface area contributed by atoms with E-state index in [0.29, 0.717) is 60.6 Å². The molecular formula is C38H45ClFN5O6S. The Labute approximate surface area is 309 Å². The number of nitrogens with zero attached hydrogens (tertiary/aromatic N) is 4. The third-order valence-corrected chi connectivity index (χ3v) is 13.5. The maximum atomic E-state index is 16.9. The summed E-state index contributed by atoms with van der Waals surface area (Å²) in [5.41, 5.74) is 3.07. The molecule has 2 bridgehead atoms. The molecule has 2 aromatic carbocycles. The Balaban J connectivity index is 1.38. The molecule has 11 nitrogen and oxygen atoms in total. The maximum absolute atomic E-state index is 16.9. The predicted molar refractivity (Wildman–Crippen MR) is 195 cm³/mol. The molecule has 1 aliphatic carbocycles. The van der Waals surface area contributed by atoms with Gasteiger partial charge in [0, 0.05) is 43.1 Å². The van der Waals surface area contributed by atoms with Crippen molar-refractivity contribution < 1.29 is 31.6 Å². The standard InChI is InChI=1S/C38H45ClFN5O6S/c1-23-9-13-31(40)35(37(47)43(4)19-29-20-50-25(3)41-29)44-16-6-8-34(44)45-21-38(15-5-7-26-17-28(39)11-12-30(26)38)22-51-33-14-10-27(18-32(33)45)36(46)42-52(48,49)24(23)2/h10-14,17-18,20,23-24,34-35H,5-9,15-16,19,21-22H2,1-4H3,(H,42,46)/b31-13-/t23-,24+,34+,35+,38-/m0/s1. The lowest BCUT2D eigenvalue weighted by atomic mass is 9.70. The highest BCUT2D eigenvalue weighted by Crippen LogP contribution is 2.47. The van der Waals surface area contributed by atoms with Crippen LogP contribution in [0.2, 0.25) is 5.02 Å². The zero-order valence-corrected chi connectivity index (χ0v) is 31.5. The van der Waals surface area contributed by atoms with Crippen molar-refractivity contribution in [2.75, 3.05) is 31.6 Å². The molecule has 4 heterocycles. The quantitative estimate of drug-likeness (QED) is 0.348. The van der Waals surface area contributed by atoms with Crippen LogP contribution < -0.4 is 14.4 Å². The van der Waals surface area contributed by atoms with Crippen molar-refractivity contribution in [2.45, 2.75) is 88.7 Å². The van der Waals surface area contributed by atoms with E-state index in [-0.39, 0.29) is 18.5 Å². The molecule has 14 heteroatoms. The second kappa shape index (κ2) is 14.1. The number of benzene rings is 2. The first-order valence-electron chi connectivity index (χ1n) is 17.9. The monoisotopic (exact) mass is 753 g/mol. The van der Waals surface area contributed by atoms with Crippen molar-refractivity contribution in [1.29, 1.82) is 0 Å². The number of aromatic nitrogens is 1. The third kappa shape index (κ3) is 6.82. The van der Waals surface area contributed by atoms with E-state index in [1.165, 1.54) is 24.2 Å². The van der Waals surface area contributed by atoms with Crippen LogP contribution in [0, 0.1) is 12.8 Å². The van der Waals surface area contributed by atoms with Gasteiger partial charge in [0.1, 0.15) is 23.9 Å². The number of rotatable bonds is 3. The molecule has 0 saturated carbocycles. The Morgan fingerprint density at radius 1 is 1.19 bits per heavy atom. The highest BCUT2D eigenvalue weighted by molar-refractivity contribution is 7.90. The number of likely N-dealkylation sites (N-methyl/N-ethyl adjacent to an activating group) is 1. The van der Waals surface area contributed by atoms with Crippen LogP contribution >= 0.6 is 11.6 Å². The summed E-state index contributed by atoms with van der Waals surface area (Å²) in [7, 11) is -2.53. The molecule has 3 aromatic rings. The predicted octanol–water partition coefficient (Wildman–Crippen LogP) is 5.90. The van der Waals surface area contributed by atoms with Gasteiger partial charge in [-0.05, 0) is 92.8 Å². The zero-order valence-electron chi connectivity index (χ0n) is 29.9. The molecule has 0 radical (unpaired) electrons. The van der Waals surface area contributed by atoms with Crippen molar-refractivity contribution in [1.82, 2.24) is 19.5 Å². The van der Waals surface area contributed by atoms with Gasteiger partial charge in [-0.3, -0.25) is 14.5 Å². The molecule has 1 N–H and O–H groups in total. The van der Waals surface area contributed by atoms with Crippen LogP contribution in [-0.2, 0) is 33.2 Å². The second-order valence-electron chi connectivity index (χ2n) is 14.8. The van der Waals surface area contributed by atoms with Crippen LogP contribution in [0.25, 0.3) is 0 Å². The molecular weight excluding hydrogens is 709 g/mol. The fraction of sp³-hybridized carbons (Fsp3) is 0.500. The minimum atomic E-state index is -4.15. The molecule has 3 aliphatic heterocycles. The van der Waals surface area contributed by atoms with E-state index in [4.69, 9.17) is 20.8 Å². The molecule has 278 valence electrons. The lowest BCUT2D eigenvalue weighted by Crippen LogP contribution is -2.57. The summed E-state index contributed by atoms with van der Waals surface area (Å²) in [6.45, 7) is 6.26. The first-order chi connectivity index (χ1) is 24.8. The van der Waals surface area contributed by atoms with E-state index < -0.39 is 56.5 Å². The zero-order chi connectivity index (χ0) is 36.9. The summed E-state index contributed by atoms with van der Waals surface area (Å²) < 4.78 is 58.1. The second-order valence-corrected chi connectivity index (χ2v) is 17.3. The number of carbonyl (C=O) groups excluding carboxylic acids is 2. The number of aryl methyl sites for hydroxylation is 2. The normalized spacial score (nSPS) is 28.6. The van der Waals surface area contributed by atoms with Gasteiger partial charge in [0.2, 0.25) is 15.9 Å². The lowest BCUT2D eigenvalue weighted by Gasteiger charge is -2.45. The number of hydrogen-bond acceptors (Lipinski definition) is 9. The molecule has 52 heavy (non-hydrogen) atoms. The van der Waals surface area contributed by atoms with Crippen LogP contribution in [0.3, 0.4) is 0 Å². The number of amides is 2. The van der Waals surface area contributed by atoms with Gasteiger partial charge in [0.25, 0.3) is 5.91 Å². The van der Waals surface area contributed by atoms with Gasteiger partial charge in [0.15, 0.2) is 5.89 Å². The van der Waals surface area contributed by atoms with Gasteiger partial charge in [-0.15, -0.1) is 0 Å². The van der Waals surface area contributed by atoms with E-state index in [2.05, 4.69) is 20.7 Å². The topological polar surface area (TPSA) is 125 Å². The number of oxazole rings is 1. The van der Waals surface area contributed by atoms with E-state index >= 15 is 4.39 Å². The minimum absolute atomic E-state index is 0.0362. The Kier molecular flexibility index (Phi) is 9.90. The van der Waals surface area contributed by atoms with Crippen molar-refractivity contribution in [3.05, 3.63) is 87.9 Å². The number of nitrogens with one attached hydrogen (secondary N) is 1. The average Bonchev–Trinajstić information content (AvgIpc) is 3.72. The molecule has 1 saturated heterocycles. The Bertz CT molecular complexity index is 2020. The lowest BCUT2D eigenvalue weighted by molar-refractivity contribution is -0.135. The van der Waals surface area contributed by atoms with E-state index in [0.717, 1.165) is 30.4 Å². The minimum Gasteiger partial charge on any atom is -0.490 e. The van der Waals surface area contributed by atoms with Gasteiger partial charge < -0.3 is 19.0 Å². The molecule has 1 aromatic heterocycles. The molecule has 4 aliphatic rings. The van der Waals surface area contributed by atoms with E-state index in [9.17, 15) is 18.0 Å². The highest BCUT2D eigenvalue weighted by Gasteiger charge is 2.48. The van der Waals surface area contributed by atoms with Crippen molar-refractivity contribution in [3.8, 4) is 5.75 Å². The third-order valence-electron chi connectivity index (χ3n) is 11.3.